The van der Waals surface area contributed by atoms with Crippen molar-refractivity contribution in [1.82, 2.24) is 0 Å². The lowest BCUT2D eigenvalue weighted by molar-refractivity contribution is -0.138. The van der Waals surface area contributed by atoms with E-state index in [0.29, 0.717) is 0 Å². The Balaban J connectivity index is 0.000000172. The van der Waals surface area contributed by atoms with Crippen molar-refractivity contribution in [3.05, 3.63) is 35.4 Å². The van der Waals surface area contributed by atoms with Crippen LogP contribution in [0, 0.1) is 5.92 Å². The maximum absolute atomic E-state index is 10.0. The minimum absolute atomic E-state index is 0.220. The highest BCUT2D eigenvalue weighted by Crippen LogP contribution is 2.17. The van der Waals surface area contributed by atoms with E-state index in [9.17, 15) is 4.79 Å². The topological polar surface area (TPSA) is 37.3 Å². The van der Waals surface area contributed by atoms with E-state index in [1.807, 2.05) is 0 Å². The van der Waals surface area contributed by atoms with Crippen LogP contribution in [-0.2, 0) is 11.2 Å². The Morgan fingerprint density at radius 2 is 2.18 bits per heavy atom. The van der Waals surface area contributed by atoms with Gasteiger partial charge < -0.3 is 5.11 Å². The maximum Gasteiger partial charge on any atom is 0.312 e. The lowest BCUT2D eigenvalue weighted by atomic mass is 10.2. The van der Waals surface area contributed by atoms with Gasteiger partial charge in [0.25, 0.3) is 0 Å². The van der Waals surface area contributed by atoms with E-state index < -0.39 is 11.9 Å². The van der Waals surface area contributed by atoms with Crippen LogP contribution in [0.2, 0.25) is 0 Å². The fourth-order valence-corrected chi connectivity index (χ4v) is 1.75. The van der Waals surface area contributed by atoms with Gasteiger partial charge in [-0.05, 0) is 18.1 Å². The first-order chi connectivity index (χ1) is 7.91. The normalized spacial score (nSPS) is 13.6. The molecule has 1 N–H and O–H groups in total. The van der Waals surface area contributed by atoms with Crippen LogP contribution in [0.15, 0.2) is 24.3 Å². The van der Waals surface area contributed by atoms with Crippen LogP contribution in [0.5, 0.6) is 0 Å². The number of fused-ring (bicyclic) bond motifs is 2. The van der Waals surface area contributed by atoms with Crippen molar-refractivity contribution in [3.8, 4) is 0 Å². The molecule has 2 nitrogen and oxygen atoms in total. The molecule has 2 rings (SSSR count). The molecule has 1 unspecified atom stereocenters. The molecule has 90 valence electrons. The second kappa shape index (κ2) is 6.23. The zero-order valence-corrected chi connectivity index (χ0v) is 11.7. The highest BCUT2D eigenvalue weighted by atomic mass is 32.1. The van der Waals surface area contributed by atoms with Crippen molar-refractivity contribution in [2.45, 2.75) is 13.3 Å². The molecule has 2 bridgehead atoms. The first-order valence-electron chi connectivity index (χ1n) is 4.99. The summed E-state index contributed by atoms with van der Waals surface area (Å²) in [6, 6.07) is 8.40. The summed E-state index contributed by atoms with van der Waals surface area (Å²) in [4.78, 5) is 11.1. The van der Waals surface area contributed by atoms with E-state index in [-0.39, 0.29) is 4.20 Å². The summed E-state index contributed by atoms with van der Waals surface area (Å²) in [6.07, 6.45) is 0.984. The zero-order chi connectivity index (χ0) is 13.0. The van der Waals surface area contributed by atoms with Gasteiger partial charge in [0, 0.05) is 11.3 Å². The van der Waals surface area contributed by atoms with Crippen LogP contribution in [0.4, 0.5) is 0 Å². The summed E-state index contributed by atoms with van der Waals surface area (Å²) >= 11 is 13.3. The van der Waals surface area contributed by atoms with Crippen molar-refractivity contribution < 1.29 is 9.90 Å². The van der Waals surface area contributed by atoms with Gasteiger partial charge in [0.15, 0.2) is 0 Å². The lowest BCUT2D eigenvalue weighted by Crippen LogP contribution is -2.14. The fourth-order valence-electron chi connectivity index (χ4n) is 1.25. The maximum atomic E-state index is 10.0. The molecule has 1 aromatic carbocycles. The molecule has 5 heteroatoms. The third-order valence-corrected chi connectivity index (χ3v) is 3.48. The van der Waals surface area contributed by atoms with E-state index in [2.05, 4.69) is 49.1 Å². The van der Waals surface area contributed by atoms with E-state index in [1.54, 1.807) is 0 Å². The van der Waals surface area contributed by atoms with Gasteiger partial charge in [-0.2, -0.15) is 0 Å². The Morgan fingerprint density at radius 1 is 1.53 bits per heavy atom. The largest absolute Gasteiger partial charge is 0.481 e. The molecular weight excluding hydrogens is 272 g/mol. The highest BCUT2D eigenvalue weighted by Gasteiger charge is 2.12. The molecule has 0 amide bonds. The van der Waals surface area contributed by atoms with Crippen molar-refractivity contribution in [2.24, 2.45) is 5.92 Å². The minimum Gasteiger partial charge on any atom is -0.481 e. The Bertz CT molecular complexity index is 455. The van der Waals surface area contributed by atoms with Gasteiger partial charge in [-0.25, -0.2) is 0 Å². The summed E-state index contributed by atoms with van der Waals surface area (Å²) < 4.78 is 0.220. The molecule has 0 saturated heterocycles. The SMILES string of the molecule is CC(C(=O)O)C(=S)S.S=C1Cc2cccc1c2. The Labute approximate surface area is 116 Å². The first kappa shape index (κ1) is 14.3. The van der Waals surface area contributed by atoms with E-state index in [0.717, 1.165) is 11.3 Å². The van der Waals surface area contributed by atoms with Crippen molar-refractivity contribution in [1.29, 1.82) is 0 Å². The predicted octanol–water partition coefficient (Wildman–Crippen LogP) is 2.93. The Kier molecular flexibility index (Phi) is 5.24. The molecule has 17 heavy (non-hydrogen) atoms. The minimum atomic E-state index is -0.926. The van der Waals surface area contributed by atoms with Gasteiger partial charge in [0.05, 0.1) is 10.1 Å². The van der Waals surface area contributed by atoms with Crippen LogP contribution in [-0.4, -0.2) is 20.1 Å². The standard InChI is InChI=1S/C8H6S.C4H6O2S2/c9-8-5-6-2-1-3-7(8)4-6;1-2(3(5)6)4(7)8/h1-4H,5H2;2H,1H3,(H,5,6)(H,7,8). The van der Waals surface area contributed by atoms with E-state index >= 15 is 0 Å². The van der Waals surface area contributed by atoms with Crippen LogP contribution < -0.4 is 0 Å². The van der Waals surface area contributed by atoms with Gasteiger partial charge in [-0.3, -0.25) is 4.79 Å². The van der Waals surface area contributed by atoms with Crippen LogP contribution >= 0.6 is 37.1 Å². The summed E-state index contributed by atoms with van der Waals surface area (Å²) in [5.41, 5.74) is 2.60. The number of carbonyl (C=O) groups is 1. The molecule has 0 aromatic heterocycles. The Morgan fingerprint density at radius 3 is 2.53 bits per heavy atom. The highest BCUT2D eigenvalue weighted by molar-refractivity contribution is 8.11. The molecule has 1 aromatic rings. The Hall–Kier alpha value is -0.780. The summed E-state index contributed by atoms with van der Waals surface area (Å²) in [6.45, 7) is 1.50. The second-order valence-corrected chi connectivity index (χ2v) is 5.42. The number of benzene rings is 1. The van der Waals surface area contributed by atoms with Crippen molar-refractivity contribution in [2.75, 3.05) is 0 Å². The van der Waals surface area contributed by atoms with Crippen LogP contribution in [0.1, 0.15) is 18.1 Å². The summed E-state index contributed by atoms with van der Waals surface area (Å²) in [5.74, 6) is -1.54. The van der Waals surface area contributed by atoms with Crippen LogP contribution in [0.3, 0.4) is 0 Å². The number of thiol groups is 1. The van der Waals surface area contributed by atoms with E-state index in [1.165, 1.54) is 18.1 Å². The van der Waals surface area contributed by atoms with Gasteiger partial charge >= 0.3 is 5.97 Å². The molecule has 0 radical (unpaired) electrons. The second-order valence-electron chi connectivity index (χ2n) is 3.70. The number of thiocarbonyl (C=S) groups is 2. The molecular formula is C12H12O2S3. The van der Waals surface area contributed by atoms with Crippen molar-refractivity contribution in [3.63, 3.8) is 0 Å². The number of aliphatic carboxylic acids is 1. The van der Waals surface area contributed by atoms with Gasteiger partial charge in [0.2, 0.25) is 0 Å². The van der Waals surface area contributed by atoms with Gasteiger partial charge in [-0.15, -0.1) is 12.6 Å². The number of carboxylic acid groups (broad SMARTS) is 1. The molecule has 0 fully saturated rings. The quantitative estimate of drug-likeness (QED) is 0.647. The molecule has 1 aliphatic rings. The first-order valence-corrected chi connectivity index (χ1v) is 6.26. The fraction of sp³-hybridized carbons (Fsp3) is 0.250. The summed E-state index contributed by atoms with van der Waals surface area (Å²) in [7, 11) is 0. The number of carboxylic acids is 1. The average molecular weight is 284 g/mol. The number of hydrogen-bond donors (Lipinski definition) is 2. The molecule has 1 atom stereocenters. The van der Waals surface area contributed by atoms with Crippen molar-refractivity contribution >= 4 is 52.1 Å². The van der Waals surface area contributed by atoms with E-state index in [4.69, 9.17) is 17.3 Å². The molecule has 0 spiro atoms. The average Bonchev–Trinajstić information content (AvgIpc) is 2.52. The number of hydrogen-bond acceptors (Lipinski definition) is 3. The molecule has 0 saturated carbocycles. The monoisotopic (exact) mass is 284 g/mol. The van der Waals surface area contributed by atoms with Gasteiger partial charge in [0.1, 0.15) is 0 Å². The predicted molar refractivity (Wildman–Crippen MR) is 80.2 cm³/mol. The molecule has 1 aliphatic carbocycles. The zero-order valence-electron chi connectivity index (χ0n) is 9.21. The molecule has 0 aliphatic heterocycles. The third kappa shape index (κ3) is 4.18. The van der Waals surface area contributed by atoms with Gasteiger partial charge in [-0.1, -0.05) is 48.7 Å². The smallest absolute Gasteiger partial charge is 0.312 e. The third-order valence-electron chi connectivity index (χ3n) is 2.35. The van der Waals surface area contributed by atoms with Crippen LogP contribution in [0.25, 0.3) is 0 Å². The lowest BCUT2D eigenvalue weighted by Gasteiger charge is -1.98. The molecule has 0 heterocycles. The summed E-state index contributed by atoms with van der Waals surface area (Å²) in [5, 5.41) is 8.22. The number of rotatable bonds is 2.